The molecule has 0 aliphatic carbocycles. The van der Waals surface area contributed by atoms with Crippen LogP contribution in [0.4, 0.5) is 0 Å². The van der Waals surface area contributed by atoms with Gasteiger partial charge in [-0.1, -0.05) is 20.8 Å². The van der Waals surface area contributed by atoms with Crippen molar-refractivity contribution < 1.29 is 0 Å². The van der Waals surface area contributed by atoms with E-state index >= 15 is 0 Å². The Morgan fingerprint density at radius 1 is 1.19 bits per heavy atom. The Kier molecular flexibility index (Phi) is 5.56. The molecule has 5 heteroatoms. The molecule has 116 valence electrons. The molecule has 0 unspecified atom stereocenters. The standard InChI is InChI=1S/C16H27N5/c1-5-6-20-12-16(14(4)19-20)9-17-7-15-8-18-21(11-15)10-13(2)3/h8,11-13,17H,5-7,9-10H2,1-4H3. The Morgan fingerprint density at radius 3 is 2.71 bits per heavy atom. The molecule has 21 heavy (non-hydrogen) atoms. The van der Waals surface area contributed by atoms with Crippen molar-refractivity contribution in [3.63, 3.8) is 0 Å². The molecular formula is C16H27N5. The molecule has 0 amide bonds. The molecule has 1 N–H and O–H groups in total. The molecule has 0 fully saturated rings. The van der Waals surface area contributed by atoms with E-state index < -0.39 is 0 Å². The van der Waals surface area contributed by atoms with Gasteiger partial charge in [-0.2, -0.15) is 10.2 Å². The van der Waals surface area contributed by atoms with Crippen molar-refractivity contribution in [3.8, 4) is 0 Å². The lowest BCUT2D eigenvalue weighted by Crippen LogP contribution is -2.12. The van der Waals surface area contributed by atoms with Gasteiger partial charge in [0.15, 0.2) is 0 Å². The molecule has 0 aromatic carbocycles. The van der Waals surface area contributed by atoms with Crippen molar-refractivity contribution in [1.29, 1.82) is 0 Å². The van der Waals surface area contributed by atoms with E-state index in [2.05, 4.69) is 55.6 Å². The highest BCUT2D eigenvalue weighted by molar-refractivity contribution is 5.15. The summed E-state index contributed by atoms with van der Waals surface area (Å²) in [6, 6.07) is 0. The molecular weight excluding hydrogens is 262 g/mol. The van der Waals surface area contributed by atoms with Crippen molar-refractivity contribution in [3.05, 3.63) is 35.4 Å². The molecule has 0 aliphatic heterocycles. The number of aryl methyl sites for hydroxylation is 2. The van der Waals surface area contributed by atoms with Crippen LogP contribution in [-0.2, 0) is 26.2 Å². The Morgan fingerprint density at radius 2 is 2.00 bits per heavy atom. The molecule has 0 spiro atoms. The monoisotopic (exact) mass is 289 g/mol. The minimum Gasteiger partial charge on any atom is -0.308 e. The molecule has 2 heterocycles. The third-order valence-electron chi connectivity index (χ3n) is 3.38. The Balaban J connectivity index is 1.82. The van der Waals surface area contributed by atoms with E-state index in [0.29, 0.717) is 5.92 Å². The lowest BCUT2D eigenvalue weighted by Gasteiger charge is -2.04. The van der Waals surface area contributed by atoms with Gasteiger partial charge in [0.2, 0.25) is 0 Å². The first kappa shape index (κ1) is 15.8. The second-order valence-corrected chi connectivity index (χ2v) is 6.07. The van der Waals surface area contributed by atoms with Crippen LogP contribution >= 0.6 is 0 Å². The van der Waals surface area contributed by atoms with E-state index in [1.807, 2.05) is 15.6 Å². The summed E-state index contributed by atoms with van der Waals surface area (Å²) in [6.45, 7) is 12.3. The van der Waals surface area contributed by atoms with E-state index in [-0.39, 0.29) is 0 Å². The molecule has 0 aliphatic rings. The Labute approximate surface area is 127 Å². The summed E-state index contributed by atoms with van der Waals surface area (Å²) in [7, 11) is 0. The number of hydrogen-bond acceptors (Lipinski definition) is 3. The number of nitrogens with one attached hydrogen (secondary N) is 1. The molecule has 0 bridgehead atoms. The van der Waals surface area contributed by atoms with Crippen molar-refractivity contribution in [2.24, 2.45) is 5.92 Å². The maximum Gasteiger partial charge on any atom is 0.0638 e. The van der Waals surface area contributed by atoms with Gasteiger partial charge in [-0.05, 0) is 19.3 Å². The van der Waals surface area contributed by atoms with Gasteiger partial charge in [-0.3, -0.25) is 9.36 Å². The predicted octanol–water partition coefficient (Wildman–Crippen LogP) is 2.74. The smallest absolute Gasteiger partial charge is 0.0638 e. The van der Waals surface area contributed by atoms with Gasteiger partial charge < -0.3 is 5.32 Å². The molecule has 0 radical (unpaired) electrons. The molecule has 0 saturated carbocycles. The molecule has 2 rings (SSSR count). The van der Waals surface area contributed by atoms with Gasteiger partial charge in [0.25, 0.3) is 0 Å². The first-order valence-corrected chi connectivity index (χ1v) is 7.83. The van der Waals surface area contributed by atoms with Crippen molar-refractivity contribution in [2.45, 2.75) is 60.3 Å². The number of aromatic nitrogens is 4. The average Bonchev–Trinajstić information content (AvgIpc) is 2.97. The van der Waals surface area contributed by atoms with Crippen LogP contribution in [0.3, 0.4) is 0 Å². The highest BCUT2D eigenvalue weighted by atomic mass is 15.3. The number of hydrogen-bond donors (Lipinski definition) is 1. The highest BCUT2D eigenvalue weighted by Gasteiger charge is 2.05. The third-order valence-corrected chi connectivity index (χ3v) is 3.38. The van der Waals surface area contributed by atoms with Gasteiger partial charge >= 0.3 is 0 Å². The van der Waals surface area contributed by atoms with Gasteiger partial charge in [0.05, 0.1) is 11.9 Å². The van der Waals surface area contributed by atoms with Crippen LogP contribution in [0.5, 0.6) is 0 Å². The third kappa shape index (κ3) is 4.70. The fourth-order valence-electron chi connectivity index (χ4n) is 2.39. The second-order valence-electron chi connectivity index (χ2n) is 6.07. The van der Waals surface area contributed by atoms with Crippen LogP contribution in [-0.4, -0.2) is 19.6 Å². The average molecular weight is 289 g/mol. The van der Waals surface area contributed by atoms with E-state index in [0.717, 1.165) is 38.3 Å². The maximum absolute atomic E-state index is 4.52. The zero-order valence-electron chi connectivity index (χ0n) is 13.6. The Hall–Kier alpha value is -1.62. The minimum absolute atomic E-state index is 0.623. The minimum atomic E-state index is 0.623. The van der Waals surface area contributed by atoms with E-state index in [1.165, 1.54) is 11.1 Å². The number of rotatable bonds is 8. The fraction of sp³-hybridized carbons (Fsp3) is 0.625. The van der Waals surface area contributed by atoms with Crippen LogP contribution in [0.1, 0.15) is 44.0 Å². The fourth-order valence-corrected chi connectivity index (χ4v) is 2.39. The van der Waals surface area contributed by atoms with Crippen LogP contribution in [0.25, 0.3) is 0 Å². The zero-order chi connectivity index (χ0) is 15.2. The summed E-state index contributed by atoms with van der Waals surface area (Å²) >= 11 is 0. The predicted molar refractivity (Wildman–Crippen MR) is 84.9 cm³/mol. The zero-order valence-corrected chi connectivity index (χ0v) is 13.6. The van der Waals surface area contributed by atoms with Gasteiger partial charge in [-0.25, -0.2) is 0 Å². The van der Waals surface area contributed by atoms with Crippen molar-refractivity contribution in [2.75, 3.05) is 0 Å². The summed E-state index contributed by atoms with van der Waals surface area (Å²) in [6.07, 6.45) is 7.33. The van der Waals surface area contributed by atoms with Crippen molar-refractivity contribution in [1.82, 2.24) is 24.9 Å². The molecule has 0 saturated heterocycles. The first-order chi connectivity index (χ1) is 10.1. The molecule has 2 aromatic rings. The van der Waals surface area contributed by atoms with E-state index in [1.54, 1.807) is 0 Å². The van der Waals surface area contributed by atoms with Gasteiger partial charge in [0, 0.05) is 49.7 Å². The van der Waals surface area contributed by atoms with Crippen molar-refractivity contribution >= 4 is 0 Å². The molecule has 0 atom stereocenters. The van der Waals surface area contributed by atoms with E-state index in [9.17, 15) is 0 Å². The SMILES string of the molecule is CCCn1cc(CNCc2cnn(CC(C)C)c2)c(C)n1. The maximum atomic E-state index is 4.52. The van der Waals surface area contributed by atoms with Gasteiger partial charge in [-0.15, -0.1) is 0 Å². The normalized spacial score (nSPS) is 11.5. The topological polar surface area (TPSA) is 47.7 Å². The summed E-state index contributed by atoms with van der Waals surface area (Å²) in [5, 5.41) is 12.4. The van der Waals surface area contributed by atoms with Crippen LogP contribution < -0.4 is 5.32 Å². The summed E-state index contributed by atoms with van der Waals surface area (Å²) in [4.78, 5) is 0. The van der Waals surface area contributed by atoms with Crippen LogP contribution in [0.15, 0.2) is 18.6 Å². The van der Waals surface area contributed by atoms with Crippen LogP contribution in [0.2, 0.25) is 0 Å². The van der Waals surface area contributed by atoms with Gasteiger partial charge in [0.1, 0.15) is 0 Å². The largest absolute Gasteiger partial charge is 0.308 e. The van der Waals surface area contributed by atoms with E-state index in [4.69, 9.17) is 0 Å². The summed E-state index contributed by atoms with van der Waals surface area (Å²) in [5.41, 5.74) is 3.62. The lowest BCUT2D eigenvalue weighted by atomic mass is 10.2. The Bertz CT molecular complexity index is 553. The summed E-state index contributed by atoms with van der Waals surface area (Å²) in [5.74, 6) is 0.623. The quantitative estimate of drug-likeness (QED) is 0.813. The second kappa shape index (κ2) is 7.41. The highest BCUT2D eigenvalue weighted by Crippen LogP contribution is 2.07. The molecule has 5 nitrogen and oxygen atoms in total. The summed E-state index contributed by atoms with van der Waals surface area (Å²) < 4.78 is 4.05. The molecule has 2 aromatic heterocycles. The number of nitrogens with zero attached hydrogens (tertiary/aromatic N) is 4. The lowest BCUT2D eigenvalue weighted by molar-refractivity contribution is 0.482. The van der Waals surface area contributed by atoms with Crippen LogP contribution in [0, 0.1) is 12.8 Å². The first-order valence-electron chi connectivity index (χ1n) is 7.83.